The van der Waals surface area contributed by atoms with E-state index in [0.717, 1.165) is 31.8 Å². The first-order valence-corrected chi connectivity index (χ1v) is 8.12. The molecule has 0 atom stereocenters. The highest BCUT2D eigenvalue weighted by molar-refractivity contribution is 7.99. The van der Waals surface area contributed by atoms with Crippen LogP contribution in [0.1, 0.15) is 19.3 Å². The Hall–Kier alpha value is -0.910. The molecule has 1 saturated heterocycles. The van der Waals surface area contributed by atoms with E-state index in [0.29, 0.717) is 28.1 Å². The van der Waals surface area contributed by atoms with Gasteiger partial charge in [0, 0.05) is 35.7 Å². The minimum atomic E-state index is -0.0152. The minimum Gasteiger partial charge on any atom is -0.397 e. The fraction of sp³-hybridized carbons (Fsp3) is 0.500. The van der Waals surface area contributed by atoms with Gasteiger partial charge in [0.05, 0.1) is 11.4 Å². The Kier molecular flexibility index (Phi) is 6.01. The number of amides is 1. The molecule has 1 aliphatic rings. The first kappa shape index (κ1) is 15.5. The molecule has 0 unspecified atom stereocenters. The second-order valence-electron chi connectivity index (χ2n) is 4.71. The topological polar surface area (TPSA) is 64.3 Å². The highest BCUT2D eigenvalue weighted by atomic mass is 35.5. The maximum atomic E-state index is 11.9. The monoisotopic (exact) mass is 314 g/mol. The number of benzene rings is 1. The van der Waals surface area contributed by atoms with E-state index >= 15 is 0 Å². The zero-order valence-corrected chi connectivity index (χ0v) is 12.8. The molecule has 3 N–H and O–H groups in total. The van der Waals surface area contributed by atoms with Crippen LogP contribution in [0.25, 0.3) is 0 Å². The SMILES string of the molecule is Nc1cc(Cl)ccc1NC(=O)CCSC1CCOCC1. The molecule has 1 aliphatic heterocycles. The summed E-state index contributed by atoms with van der Waals surface area (Å²) in [7, 11) is 0. The molecule has 0 spiro atoms. The Morgan fingerprint density at radius 2 is 2.20 bits per heavy atom. The van der Waals surface area contributed by atoms with E-state index in [9.17, 15) is 4.79 Å². The van der Waals surface area contributed by atoms with Crippen molar-refractivity contribution in [2.45, 2.75) is 24.5 Å². The summed E-state index contributed by atoms with van der Waals surface area (Å²) in [6, 6.07) is 5.07. The molecular weight excluding hydrogens is 296 g/mol. The van der Waals surface area contributed by atoms with Crippen molar-refractivity contribution in [3.63, 3.8) is 0 Å². The molecular formula is C14H19ClN2O2S. The molecule has 1 amide bonds. The maximum absolute atomic E-state index is 11.9. The van der Waals surface area contributed by atoms with Gasteiger partial charge in [-0.05, 0) is 31.0 Å². The molecule has 0 bridgehead atoms. The Morgan fingerprint density at radius 3 is 2.90 bits per heavy atom. The van der Waals surface area contributed by atoms with Gasteiger partial charge in [-0.25, -0.2) is 0 Å². The summed E-state index contributed by atoms with van der Waals surface area (Å²) in [6.45, 7) is 1.68. The van der Waals surface area contributed by atoms with Gasteiger partial charge < -0.3 is 15.8 Å². The van der Waals surface area contributed by atoms with Crippen molar-refractivity contribution in [3.05, 3.63) is 23.2 Å². The Balaban J connectivity index is 1.72. The summed E-state index contributed by atoms with van der Waals surface area (Å²) in [4.78, 5) is 11.9. The second kappa shape index (κ2) is 7.76. The van der Waals surface area contributed by atoms with Gasteiger partial charge in [0.25, 0.3) is 0 Å². The van der Waals surface area contributed by atoms with Gasteiger partial charge in [0.1, 0.15) is 0 Å². The van der Waals surface area contributed by atoms with E-state index in [1.165, 1.54) is 0 Å². The number of hydrogen-bond donors (Lipinski definition) is 2. The van der Waals surface area contributed by atoms with E-state index in [2.05, 4.69) is 5.32 Å². The van der Waals surface area contributed by atoms with Crippen LogP contribution < -0.4 is 11.1 Å². The Labute approximate surface area is 128 Å². The van der Waals surface area contributed by atoms with E-state index in [-0.39, 0.29) is 5.91 Å². The molecule has 1 fully saturated rings. The third-order valence-corrected chi connectivity index (χ3v) is 4.76. The highest BCUT2D eigenvalue weighted by Crippen LogP contribution is 2.24. The number of rotatable bonds is 5. The van der Waals surface area contributed by atoms with Gasteiger partial charge in [-0.2, -0.15) is 11.8 Å². The van der Waals surface area contributed by atoms with Crippen LogP contribution in [-0.2, 0) is 9.53 Å². The molecule has 1 aromatic rings. The lowest BCUT2D eigenvalue weighted by molar-refractivity contribution is -0.115. The maximum Gasteiger partial charge on any atom is 0.225 e. The number of carbonyl (C=O) groups is 1. The lowest BCUT2D eigenvalue weighted by Gasteiger charge is -2.21. The van der Waals surface area contributed by atoms with Crippen molar-refractivity contribution in [3.8, 4) is 0 Å². The zero-order chi connectivity index (χ0) is 14.4. The van der Waals surface area contributed by atoms with Crippen molar-refractivity contribution >= 4 is 40.6 Å². The van der Waals surface area contributed by atoms with Crippen LogP contribution in [-0.4, -0.2) is 30.1 Å². The number of hydrogen-bond acceptors (Lipinski definition) is 4. The van der Waals surface area contributed by atoms with Gasteiger partial charge in [-0.1, -0.05) is 11.6 Å². The summed E-state index contributed by atoms with van der Waals surface area (Å²) in [5.74, 6) is 0.808. The molecule has 0 aliphatic carbocycles. The number of nitrogens with two attached hydrogens (primary N) is 1. The number of nitrogens with one attached hydrogen (secondary N) is 1. The van der Waals surface area contributed by atoms with E-state index in [1.807, 2.05) is 11.8 Å². The third kappa shape index (κ3) is 4.89. The van der Waals surface area contributed by atoms with Gasteiger partial charge in [-0.3, -0.25) is 4.79 Å². The lowest BCUT2D eigenvalue weighted by Crippen LogP contribution is -2.19. The molecule has 6 heteroatoms. The van der Waals surface area contributed by atoms with Gasteiger partial charge >= 0.3 is 0 Å². The molecule has 4 nitrogen and oxygen atoms in total. The molecule has 2 rings (SSSR count). The van der Waals surface area contributed by atoms with Crippen molar-refractivity contribution in [2.24, 2.45) is 0 Å². The van der Waals surface area contributed by atoms with Crippen LogP contribution in [0.4, 0.5) is 11.4 Å². The smallest absolute Gasteiger partial charge is 0.225 e. The predicted octanol–water partition coefficient (Wildman–Crippen LogP) is 3.16. The fourth-order valence-corrected chi connectivity index (χ4v) is 3.36. The fourth-order valence-electron chi connectivity index (χ4n) is 2.02. The lowest BCUT2D eigenvalue weighted by atomic mass is 10.2. The average molecular weight is 315 g/mol. The molecule has 0 aromatic heterocycles. The molecule has 110 valence electrons. The number of anilines is 2. The van der Waals surface area contributed by atoms with E-state index in [1.54, 1.807) is 18.2 Å². The van der Waals surface area contributed by atoms with E-state index in [4.69, 9.17) is 22.1 Å². The second-order valence-corrected chi connectivity index (χ2v) is 6.56. The molecule has 20 heavy (non-hydrogen) atoms. The van der Waals surface area contributed by atoms with Gasteiger partial charge in [0.15, 0.2) is 0 Å². The highest BCUT2D eigenvalue weighted by Gasteiger charge is 2.14. The zero-order valence-electron chi connectivity index (χ0n) is 11.2. The van der Waals surface area contributed by atoms with Crippen LogP contribution in [0.2, 0.25) is 5.02 Å². The quantitative estimate of drug-likeness (QED) is 0.819. The summed E-state index contributed by atoms with van der Waals surface area (Å²) < 4.78 is 5.31. The van der Waals surface area contributed by atoms with Crippen LogP contribution in [0.3, 0.4) is 0 Å². The standard InChI is InChI=1S/C14H19ClN2O2S/c15-10-1-2-13(12(16)9-10)17-14(18)5-8-20-11-3-6-19-7-4-11/h1-2,9,11H,3-8,16H2,(H,17,18). The average Bonchev–Trinajstić information content (AvgIpc) is 2.43. The normalized spacial score (nSPS) is 16.1. The number of nitrogen functional groups attached to an aromatic ring is 1. The van der Waals surface area contributed by atoms with Crippen LogP contribution in [0, 0.1) is 0 Å². The molecule has 1 heterocycles. The molecule has 0 saturated carbocycles. The number of ether oxygens (including phenoxy) is 1. The van der Waals surface area contributed by atoms with Crippen LogP contribution in [0.15, 0.2) is 18.2 Å². The minimum absolute atomic E-state index is 0.0152. The Morgan fingerprint density at radius 1 is 1.45 bits per heavy atom. The molecule has 1 aromatic carbocycles. The first-order valence-electron chi connectivity index (χ1n) is 6.69. The summed E-state index contributed by atoms with van der Waals surface area (Å²) in [6.07, 6.45) is 2.65. The van der Waals surface area contributed by atoms with E-state index < -0.39 is 0 Å². The number of carbonyl (C=O) groups excluding carboxylic acids is 1. The summed E-state index contributed by atoms with van der Waals surface area (Å²) >= 11 is 7.67. The van der Waals surface area contributed by atoms with Gasteiger partial charge in [0.2, 0.25) is 5.91 Å². The van der Waals surface area contributed by atoms with Crippen molar-refractivity contribution in [1.82, 2.24) is 0 Å². The van der Waals surface area contributed by atoms with Gasteiger partial charge in [-0.15, -0.1) is 0 Å². The molecule has 0 radical (unpaired) electrons. The van der Waals surface area contributed by atoms with Crippen molar-refractivity contribution in [1.29, 1.82) is 0 Å². The van der Waals surface area contributed by atoms with Crippen LogP contribution >= 0.6 is 23.4 Å². The largest absolute Gasteiger partial charge is 0.397 e. The summed E-state index contributed by atoms with van der Waals surface area (Å²) in [5, 5.41) is 4.00. The Bertz CT molecular complexity index is 464. The third-order valence-electron chi connectivity index (χ3n) is 3.14. The van der Waals surface area contributed by atoms with Crippen LogP contribution in [0.5, 0.6) is 0 Å². The number of halogens is 1. The number of thioether (sulfide) groups is 1. The predicted molar refractivity (Wildman–Crippen MR) is 85.4 cm³/mol. The first-order chi connectivity index (χ1) is 9.65. The van der Waals surface area contributed by atoms with Crippen molar-refractivity contribution in [2.75, 3.05) is 30.0 Å². The van der Waals surface area contributed by atoms with Crippen molar-refractivity contribution < 1.29 is 9.53 Å². The summed E-state index contributed by atoms with van der Waals surface area (Å²) in [5.41, 5.74) is 6.91.